The number of hydrogen-bond donors (Lipinski definition) is 3. The second-order valence-corrected chi connectivity index (χ2v) is 9.98. The van der Waals surface area contributed by atoms with E-state index >= 15 is 0 Å². The first-order valence-electron chi connectivity index (χ1n) is 13.4. The second-order valence-electron chi connectivity index (χ2n) is 9.98. The van der Waals surface area contributed by atoms with Gasteiger partial charge in [-0.3, -0.25) is 14.5 Å². The molecule has 0 unspecified atom stereocenters. The molecule has 4 N–H and O–H groups in total. The largest absolute Gasteiger partial charge is 0.416 e. The average molecular weight is 556 g/mol. The van der Waals surface area contributed by atoms with E-state index in [1.165, 1.54) is 6.07 Å². The van der Waals surface area contributed by atoms with E-state index in [9.17, 15) is 22.8 Å². The van der Waals surface area contributed by atoms with Crippen LogP contribution >= 0.6 is 0 Å². The van der Waals surface area contributed by atoms with Crippen molar-refractivity contribution in [3.63, 3.8) is 0 Å². The molecule has 1 amide bonds. The van der Waals surface area contributed by atoms with Crippen LogP contribution in [-0.4, -0.2) is 87.9 Å². The van der Waals surface area contributed by atoms with Gasteiger partial charge in [0.2, 0.25) is 0 Å². The summed E-state index contributed by atoms with van der Waals surface area (Å²) in [5.74, 6) is -0.0883. The van der Waals surface area contributed by atoms with Gasteiger partial charge in [0, 0.05) is 55.7 Å². The number of aromatic amines is 2. The lowest BCUT2D eigenvalue weighted by Crippen LogP contribution is -2.50. The molecule has 1 saturated heterocycles. The normalized spacial score (nSPS) is 15.0. The molecule has 2 aromatic heterocycles. The number of nitrogens with zero attached hydrogens (tertiary/aromatic N) is 4. The minimum absolute atomic E-state index is 0.0284. The van der Waals surface area contributed by atoms with Crippen LogP contribution in [0.25, 0.3) is 33.3 Å². The number of carbonyl (C=O) groups is 1. The highest BCUT2D eigenvalue weighted by atomic mass is 19.4. The van der Waals surface area contributed by atoms with Gasteiger partial charge in [-0.1, -0.05) is 13.8 Å². The molecule has 0 radical (unpaired) electrons. The molecule has 212 valence electrons. The monoisotopic (exact) mass is 555 g/mol. The van der Waals surface area contributed by atoms with E-state index in [1.54, 1.807) is 18.2 Å². The molecule has 9 nitrogen and oxygen atoms in total. The van der Waals surface area contributed by atoms with Crippen LogP contribution in [0.2, 0.25) is 0 Å². The maximum Gasteiger partial charge on any atom is 0.416 e. The first-order chi connectivity index (χ1) is 19.1. The quantitative estimate of drug-likeness (QED) is 0.320. The molecular weight excluding hydrogens is 523 g/mol. The Morgan fingerprint density at radius 3 is 2.42 bits per heavy atom. The highest BCUT2D eigenvalue weighted by Crippen LogP contribution is 2.33. The third-order valence-corrected chi connectivity index (χ3v) is 7.63. The number of amides is 1. The fourth-order valence-corrected chi connectivity index (χ4v) is 5.14. The Labute approximate surface area is 228 Å². The second kappa shape index (κ2) is 10.9. The third kappa shape index (κ3) is 5.41. The molecule has 1 fully saturated rings. The first-order valence-corrected chi connectivity index (χ1v) is 13.4. The highest BCUT2D eigenvalue weighted by molar-refractivity contribution is 6.04. The molecule has 3 heterocycles. The van der Waals surface area contributed by atoms with Crippen molar-refractivity contribution in [2.75, 3.05) is 58.1 Å². The predicted octanol–water partition coefficient (Wildman–Crippen LogP) is 3.77. The zero-order valence-corrected chi connectivity index (χ0v) is 22.4. The van der Waals surface area contributed by atoms with Gasteiger partial charge in [-0.25, -0.2) is 4.98 Å². The van der Waals surface area contributed by atoms with Crippen molar-refractivity contribution >= 4 is 33.5 Å². The number of carbonyl (C=O) groups excluding carboxylic acids is 1. The molecule has 1 aliphatic heterocycles. The Morgan fingerprint density at radius 1 is 1.02 bits per heavy atom. The number of likely N-dealkylation sites (N-methyl/N-ethyl adjacent to an activating group) is 1. The van der Waals surface area contributed by atoms with Gasteiger partial charge >= 0.3 is 6.18 Å². The summed E-state index contributed by atoms with van der Waals surface area (Å²) in [6.07, 6.45) is -4.54. The van der Waals surface area contributed by atoms with Gasteiger partial charge in [0.25, 0.3) is 11.5 Å². The van der Waals surface area contributed by atoms with Crippen LogP contribution in [-0.2, 0) is 6.18 Å². The molecular formula is C28H32F3N7O2. The first kappa shape index (κ1) is 27.7. The molecule has 2 aromatic carbocycles. The minimum Gasteiger partial charge on any atom is -0.396 e. The highest BCUT2D eigenvalue weighted by Gasteiger charge is 2.31. The molecule has 0 bridgehead atoms. The van der Waals surface area contributed by atoms with Crippen molar-refractivity contribution in [1.82, 2.24) is 29.7 Å². The van der Waals surface area contributed by atoms with Crippen LogP contribution in [0.4, 0.5) is 18.9 Å². The zero-order chi connectivity index (χ0) is 28.6. The third-order valence-electron chi connectivity index (χ3n) is 7.63. The van der Waals surface area contributed by atoms with Crippen LogP contribution in [0.3, 0.4) is 0 Å². The van der Waals surface area contributed by atoms with Crippen molar-refractivity contribution in [3.8, 4) is 11.4 Å². The van der Waals surface area contributed by atoms with Crippen LogP contribution in [0.1, 0.15) is 29.8 Å². The van der Waals surface area contributed by atoms with E-state index in [2.05, 4.69) is 38.6 Å². The van der Waals surface area contributed by atoms with Crippen LogP contribution in [0.15, 0.2) is 41.2 Å². The number of nitrogens with two attached hydrogens (primary N) is 1. The standard InChI is InChI=1S/C28H32F3N7O2/c1-3-36(4-2)9-10-37-11-13-38(14-12-37)27(40)17-5-7-20-19(15-17)23(32)24(33-20)25-26(39)35-22-16-18(28(29,30)31)6-8-21(22)34-25/h5-8,15-16,33H,3-4,9-14,32H2,1-2H3,(H,35,39). The molecule has 0 aliphatic carbocycles. The van der Waals surface area contributed by atoms with Crippen molar-refractivity contribution in [2.24, 2.45) is 0 Å². The number of H-pyrrole nitrogens is 2. The maximum atomic E-state index is 13.3. The predicted molar refractivity (Wildman–Crippen MR) is 149 cm³/mol. The van der Waals surface area contributed by atoms with E-state index in [-0.39, 0.29) is 34.0 Å². The topological polar surface area (TPSA) is 114 Å². The smallest absolute Gasteiger partial charge is 0.396 e. The molecule has 5 rings (SSSR count). The Balaban J connectivity index is 1.36. The van der Waals surface area contributed by atoms with E-state index in [0.717, 1.165) is 51.4 Å². The number of anilines is 1. The Bertz CT molecular complexity index is 1600. The van der Waals surface area contributed by atoms with Crippen LogP contribution in [0.5, 0.6) is 0 Å². The van der Waals surface area contributed by atoms with Crippen molar-refractivity contribution in [1.29, 1.82) is 0 Å². The van der Waals surface area contributed by atoms with E-state index in [4.69, 9.17) is 5.73 Å². The molecule has 1 aliphatic rings. The summed E-state index contributed by atoms with van der Waals surface area (Å²) in [6.45, 7) is 11.2. The number of nitrogen functional groups attached to an aromatic ring is 1. The summed E-state index contributed by atoms with van der Waals surface area (Å²) < 4.78 is 39.2. The lowest BCUT2D eigenvalue weighted by atomic mass is 10.1. The summed E-state index contributed by atoms with van der Waals surface area (Å²) in [4.78, 5) is 42.6. The van der Waals surface area contributed by atoms with E-state index in [1.807, 2.05) is 4.90 Å². The van der Waals surface area contributed by atoms with E-state index < -0.39 is 17.3 Å². The Kier molecular flexibility index (Phi) is 7.56. The molecule has 4 aromatic rings. The number of alkyl halides is 3. The van der Waals surface area contributed by atoms with Gasteiger partial charge in [-0.05, 0) is 49.5 Å². The van der Waals surface area contributed by atoms with Gasteiger partial charge in [0.15, 0.2) is 5.69 Å². The van der Waals surface area contributed by atoms with Gasteiger partial charge in [-0.15, -0.1) is 0 Å². The number of piperazine rings is 1. The lowest BCUT2D eigenvalue weighted by molar-refractivity contribution is -0.137. The van der Waals surface area contributed by atoms with E-state index in [0.29, 0.717) is 29.6 Å². The number of hydrogen-bond acceptors (Lipinski definition) is 6. The fourth-order valence-electron chi connectivity index (χ4n) is 5.14. The lowest BCUT2D eigenvalue weighted by Gasteiger charge is -2.35. The zero-order valence-electron chi connectivity index (χ0n) is 22.4. The molecule has 40 heavy (non-hydrogen) atoms. The summed E-state index contributed by atoms with van der Waals surface area (Å²) >= 11 is 0. The van der Waals surface area contributed by atoms with Crippen molar-refractivity contribution in [3.05, 3.63) is 57.9 Å². The van der Waals surface area contributed by atoms with Gasteiger partial charge in [0.1, 0.15) is 0 Å². The number of rotatable bonds is 7. The number of halogens is 3. The number of fused-ring (bicyclic) bond motifs is 2. The maximum absolute atomic E-state index is 13.3. The Morgan fingerprint density at radius 2 is 1.75 bits per heavy atom. The van der Waals surface area contributed by atoms with Gasteiger partial charge < -0.3 is 25.5 Å². The van der Waals surface area contributed by atoms with Crippen LogP contribution in [0, 0.1) is 0 Å². The molecule has 0 saturated carbocycles. The molecule has 0 spiro atoms. The number of aromatic nitrogens is 3. The number of benzene rings is 2. The minimum atomic E-state index is -4.54. The molecule has 12 heteroatoms. The molecule has 0 atom stereocenters. The number of nitrogens with one attached hydrogen (secondary N) is 2. The van der Waals surface area contributed by atoms with Crippen LogP contribution < -0.4 is 11.3 Å². The average Bonchev–Trinajstić information content (AvgIpc) is 3.27. The fraction of sp³-hybridized carbons (Fsp3) is 0.393. The van der Waals surface area contributed by atoms with Gasteiger partial charge in [0.05, 0.1) is 28.0 Å². The van der Waals surface area contributed by atoms with Crippen molar-refractivity contribution in [2.45, 2.75) is 20.0 Å². The Hall–Kier alpha value is -3.90. The summed E-state index contributed by atoms with van der Waals surface area (Å²) in [7, 11) is 0. The summed E-state index contributed by atoms with van der Waals surface area (Å²) in [5, 5.41) is 0.562. The SMILES string of the molecule is CCN(CC)CCN1CCN(C(=O)c2ccc3[nH]c(-c4nc5ccc(C(F)(F)F)cc5[nH]c4=O)c(N)c3c2)CC1. The van der Waals surface area contributed by atoms with Gasteiger partial charge in [-0.2, -0.15) is 13.2 Å². The summed E-state index contributed by atoms with van der Waals surface area (Å²) in [5.41, 5.74) is 6.52. The van der Waals surface area contributed by atoms with Crippen molar-refractivity contribution < 1.29 is 18.0 Å². The summed E-state index contributed by atoms with van der Waals surface area (Å²) in [6, 6.07) is 8.11.